The first-order valence-electron chi connectivity index (χ1n) is 9.77. The summed E-state index contributed by atoms with van der Waals surface area (Å²) in [5.74, 6) is -1.58. The smallest absolute Gasteiger partial charge is 0.372 e. The zero-order valence-electron chi connectivity index (χ0n) is 17.6. The lowest BCUT2D eigenvalue weighted by Gasteiger charge is -2.21. The summed E-state index contributed by atoms with van der Waals surface area (Å²) in [6.45, 7) is 3.38. The number of Topliss-reactive ketones (excluding diaryl/α,β-unsaturated/α-hetero) is 1. The van der Waals surface area contributed by atoms with Gasteiger partial charge in [0.15, 0.2) is 0 Å². The second-order valence-corrected chi connectivity index (χ2v) is 7.62. The number of para-hydroxylation sites is 1. The molecule has 2 aromatic rings. The van der Waals surface area contributed by atoms with Gasteiger partial charge in [0.25, 0.3) is 0 Å². The zero-order chi connectivity index (χ0) is 23.0. The molecule has 0 bridgehead atoms. The average Bonchev–Trinajstić information content (AvgIpc) is 3.12. The van der Waals surface area contributed by atoms with Gasteiger partial charge in [0.2, 0.25) is 11.7 Å². The molecule has 31 heavy (non-hydrogen) atoms. The van der Waals surface area contributed by atoms with E-state index < -0.39 is 29.8 Å². The van der Waals surface area contributed by atoms with Crippen LogP contribution in [0, 0.1) is 5.53 Å². The molecule has 1 amide bonds. The summed E-state index contributed by atoms with van der Waals surface area (Å²) < 4.78 is 10.6. The van der Waals surface area contributed by atoms with Gasteiger partial charge in [0.05, 0.1) is 27.0 Å². The van der Waals surface area contributed by atoms with Crippen LogP contribution in [-0.2, 0) is 30.3 Å². The number of amides is 1. The summed E-state index contributed by atoms with van der Waals surface area (Å²) in [5.41, 5.74) is 8.32. The molecule has 1 aromatic carbocycles. The molecule has 0 saturated carbocycles. The van der Waals surface area contributed by atoms with Crippen molar-refractivity contribution in [1.82, 2.24) is 10.3 Å². The Balaban J connectivity index is 2.14. The van der Waals surface area contributed by atoms with Crippen LogP contribution < -0.4 is 5.32 Å². The maximum atomic E-state index is 12.9. The van der Waals surface area contributed by atoms with Gasteiger partial charge >= 0.3 is 12.2 Å². The first-order valence-corrected chi connectivity index (χ1v) is 10.1. The number of aromatic amines is 1. The van der Waals surface area contributed by atoms with Gasteiger partial charge in [-0.05, 0) is 31.9 Å². The number of methoxy groups -OCH3 is 1. The molecular formula is C21H26ClN4O5+. The predicted molar refractivity (Wildman–Crippen MR) is 114 cm³/mol. The number of carbonyl (C=O) groups is 3. The normalized spacial score (nSPS) is 12.8. The molecule has 1 heterocycles. The third-order valence-electron chi connectivity index (χ3n) is 4.57. The number of nitrogens with zero attached hydrogens (tertiary/aromatic N) is 1. The molecule has 10 heteroatoms. The SMILES string of the molecule is CO[C@@H](Cc1c[nH]c2c(Cl)cccc12)C(=O)N[C@@H](CCC(=O)C=[N+]=N)C(=O)OC(C)C. The summed E-state index contributed by atoms with van der Waals surface area (Å²) in [4.78, 5) is 42.9. The van der Waals surface area contributed by atoms with E-state index in [0.29, 0.717) is 5.02 Å². The van der Waals surface area contributed by atoms with Crippen LogP contribution in [0.1, 0.15) is 32.3 Å². The fraction of sp³-hybridized carbons (Fsp3) is 0.429. The van der Waals surface area contributed by atoms with Crippen LogP contribution in [0.5, 0.6) is 0 Å². The number of hydrogen-bond acceptors (Lipinski definition) is 6. The van der Waals surface area contributed by atoms with Gasteiger partial charge in [-0.3, -0.25) is 9.59 Å². The van der Waals surface area contributed by atoms with Crippen molar-refractivity contribution in [3.05, 3.63) is 35.0 Å². The van der Waals surface area contributed by atoms with Crippen LogP contribution >= 0.6 is 11.6 Å². The van der Waals surface area contributed by atoms with E-state index in [1.54, 1.807) is 26.1 Å². The Morgan fingerprint density at radius 3 is 2.71 bits per heavy atom. The molecule has 0 aliphatic carbocycles. The highest BCUT2D eigenvalue weighted by molar-refractivity contribution is 6.35. The van der Waals surface area contributed by atoms with Crippen LogP contribution in [0.15, 0.2) is 24.4 Å². The number of ether oxygens (including phenoxy) is 2. The molecule has 2 rings (SSSR count). The Morgan fingerprint density at radius 1 is 1.32 bits per heavy atom. The van der Waals surface area contributed by atoms with Gasteiger partial charge in [-0.25, -0.2) is 4.79 Å². The van der Waals surface area contributed by atoms with Crippen molar-refractivity contribution in [3.63, 3.8) is 0 Å². The molecule has 0 spiro atoms. The largest absolute Gasteiger partial charge is 0.461 e. The van der Waals surface area contributed by atoms with E-state index in [1.807, 2.05) is 12.1 Å². The van der Waals surface area contributed by atoms with E-state index in [2.05, 4.69) is 15.1 Å². The Kier molecular flexibility index (Phi) is 8.93. The molecule has 166 valence electrons. The Morgan fingerprint density at radius 2 is 2.06 bits per heavy atom. The number of aromatic nitrogens is 1. The lowest BCUT2D eigenvalue weighted by molar-refractivity contribution is -0.152. The van der Waals surface area contributed by atoms with Crippen LogP contribution in [-0.4, -0.2) is 59.0 Å². The van der Waals surface area contributed by atoms with E-state index in [4.69, 9.17) is 26.6 Å². The van der Waals surface area contributed by atoms with Crippen molar-refractivity contribution in [2.75, 3.05) is 7.11 Å². The van der Waals surface area contributed by atoms with E-state index in [0.717, 1.165) is 22.7 Å². The number of rotatable bonds is 11. The zero-order valence-corrected chi connectivity index (χ0v) is 18.4. The number of benzene rings is 1. The predicted octanol–water partition coefficient (Wildman–Crippen LogP) is 2.47. The number of carbonyl (C=O) groups excluding carboxylic acids is 3. The van der Waals surface area contributed by atoms with Crippen molar-refractivity contribution < 1.29 is 28.6 Å². The van der Waals surface area contributed by atoms with Gasteiger partial charge in [0, 0.05) is 31.5 Å². The molecule has 0 unspecified atom stereocenters. The second kappa shape index (κ2) is 11.4. The van der Waals surface area contributed by atoms with Gasteiger partial charge in [-0.1, -0.05) is 23.7 Å². The number of esters is 1. The van der Waals surface area contributed by atoms with Crippen molar-refractivity contribution >= 4 is 46.4 Å². The first-order chi connectivity index (χ1) is 14.8. The molecule has 3 N–H and O–H groups in total. The van der Waals surface area contributed by atoms with Crippen LogP contribution in [0.25, 0.3) is 10.9 Å². The van der Waals surface area contributed by atoms with Gasteiger partial charge in [0.1, 0.15) is 12.1 Å². The summed E-state index contributed by atoms with van der Waals surface area (Å²) in [7, 11) is 1.40. The van der Waals surface area contributed by atoms with Crippen LogP contribution in [0.2, 0.25) is 5.02 Å². The Hall–Kier alpha value is -3.00. The van der Waals surface area contributed by atoms with Crippen molar-refractivity contribution in [2.24, 2.45) is 0 Å². The number of fused-ring (bicyclic) bond motifs is 1. The monoisotopic (exact) mass is 449 g/mol. The fourth-order valence-electron chi connectivity index (χ4n) is 3.08. The topological polar surface area (TPSA) is 135 Å². The van der Waals surface area contributed by atoms with Crippen LogP contribution in [0.4, 0.5) is 0 Å². The third-order valence-corrected chi connectivity index (χ3v) is 4.89. The first kappa shape index (κ1) is 24.3. The number of halogens is 1. The Bertz CT molecular complexity index is 997. The lowest BCUT2D eigenvalue weighted by atomic mass is 10.0. The standard InChI is InChI=1S/C21H25ClN4O5/c1-12(2)31-21(29)17(8-7-14(27)11-25-23)26-20(28)18(30-3)9-13-10-24-19-15(13)5-4-6-16(19)22/h4-6,10-12,17-18,23-24H,7-9H2,1-3H3/p+1/t17-,18-/m0/s1. The molecule has 0 saturated heterocycles. The van der Waals surface area contributed by atoms with Gasteiger partial charge in [-0.2, -0.15) is 0 Å². The highest BCUT2D eigenvalue weighted by atomic mass is 35.5. The van der Waals surface area contributed by atoms with Gasteiger partial charge < -0.3 is 19.8 Å². The third kappa shape index (κ3) is 6.75. The average molecular weight is 450 g/mol. The second-order valence-electron chi connectivity index (χ2n) is 7.21. The minimum atomic E-state index is -1.03. The van der Waals surface area contributed by atoms with E-state index >= 15 is 0 Å². The molecule has 0 aliphatic rings. The number of H-pyrrole nitrogens is 1. The van der Waals surface area contributed by atoms with Crippen molar-refractivity contribution in [2.45, 2.75) is 51.4 Å². The minimum Gasteiger partial charge on any atom is -0.461 e. The van der Waals surface area contributed by atoms with Crippen molar-refractivity contribution in [3.8, 4) is 0 Å². The maximum absolute atomic E-state index is 12.9. The van der Waals surface area contributed by atoms with E-state index in [-0.39, 0.29) is 25.4 Å². The summed E-state index contributed by atoms with van der Waals surface area (Å²) in [6, 6.07) is 4.44. The lowest BCUT2D eigenvalue weighted by Crippen LogP contribution is -2.48. The summed E-state index contributed by atoms with van der Waals surface area (Å²) in [6.07, 6.45) is 1.55. The number of ketones is 1. The maximum Gasteiger partial charge on any atom is 0.372 e. The van der Waals surface area contributed by atoms with E-state index in [9.17, 15) is 14.4 Å². The number of hydrogen-bond donors (Lipinski definition) is 3. The molecule has 0 radical (unpaired) electrons. The minimum absolute atomic E-state index is 0.0152. The summed E-state index contributed by atoms with van der Waals surface area (Å²) in [5, 5.41) is 4.07. The van der Waals surface area contributed by atoms with E-state index in [1.165, 1.54) is 7.11 Å². The molecule has 2 atom stereocenters. The summed E-state index contributed by atoms with van der Waals surface area (Å²) >= 11 is 6.19. The highest BCUT2D eigenvalue weighted by Crippen LogP contribution is 2.26. The molecular weight excluding hydrogens is 424 g/mol. The number of nitrogens with one attached hydrogen (secondary N) is 3. The van der Waals surface area contributed by atoms with Crippen LogP contribution in [0.3, 0.4) is 0 Å². The Labute approximate surface area is 184 Å². The van der Waals surface area contributed by atoms with Crippen molar-refractivity contribution in [1.29, 1.82) is 5.53 Å². The molecule has 0 fully saturated rings. The quantitative estimate of drug-likeness (QED) is 0.209. The highest BCUT2D eigenvalue weighted by Gasteiger charge is 2.28. The van der Waals surface area contributed by atoms with Gasteiger partial charge in [-0.15, -0.1) is 0 Å². The fourth-order valence-corrected chi connectivity index (χ4v) is 3.31. The molecule has 0 aliphatic heterocycles. The molecule has 1 aromatic heterocycles. The molecule has 9 nitrogen and oxygen atoms in total.